The van der Waals surface area contributed by atoms with Gasteiger partial charge in [-0.05, 0) is 25.7 Å². The van der Waals surface area contributed by atoms with Crippen LogP contribution in [-0.4, -0.2) is 56.3 Å². The first-order valence-corrected chi connectivity index (χ1v) is 8.17. The summed E-state index contributed by atoms with van der Waals surface area (Å²) in [6.45, 7) is 0.420. The zero-order chi connectivity index (χ0) is 16.3. The Bertz CT molecular complexity index is 463. The highest BCUT2D eigenvalue weighted by Crippen LogP contribution is 2.49. The van der Waals surface area contributed by atoms with Crippen LogP contribution in [0.1, 0.15) is 25.7 Å². The quantitative estimate of drug-likeness (QED) is 0.138. The van der Waals surface area contributed by atoms with Gasteiger partial charge in [0.1, 0.15) is 5.78 Å². The molecule has 0 saturated carbocycles. The lowest BCUT2D eigenvalue weighted by Crippen LogP contribution is -2.63. The van der Waals surface area contributed by atoms with Gasteiger partial charge in [0.15, 0.2) is 11.6 Å². The normalized spacial score (nSPS) is 22.7. The highest BCUT2D eigenvalue weighted by Gasteiger charge is 2.50. The molecule has 0 aromatic carbocycles. The molecule has 9 N–H and O–H groups in total. The maximum Gasteiger partial charge on any atom is 0.342 e. The van der Waals surface area contributed by atoms with E-state index < -0.39 is 25.0 Å². The molecule has 0 aliphatic carbocycles. The average Bonchev–Trinajstić information content (AvgIpc) is 2.83. The van der Waals surface area contributed by atoms with Crippen LogP contribution in [0.3, 0.4) is 0 Å². The highest BCUT2D eigenvalue weighted by molar-refractivity contribution is 7.52. The molecule has 1 unspecified atom stereocenters. The summed E-state index contributed by atoms with van der Waals surface area (Å²) in [6.07, 6.45) is 0.959. The third-order valence-electron chi connectivity index (χ3n) is 3.50. The van der Waals surface area contributed by atoms with Crippen molar-refractivity contribution in [2.75, 3.05) is 13.1 Å². The van der Waals surface area contributed by atoms with E-state index in [1.54, 1.807) is 0 Å². The predicted molar refractivity (Wildman–Crippen MR) is 76.2 cm³/mol. The monoisotopic (exact) mass is 323 g/mol. The van der Waals surface area contributed by atoms with Gasteiger partial charge in [0.05, 0.1) is 0 Å². The number of nitrogens with two attached hydrogens (primary N) is 3. The number of aliphatic carboxylic acids is 1. The molecule has 0 radical (unpaired) electrons. The zero-order valence-corrected chi connectivity index (χ0v) is 12.4. The third kappa shape index (κ3) is 4.39. The molecule has 1 saturated heterocycles. The SMILES string of the molecule is NC(N)=NCCC[C@@](N)(C(=O)O)N1CCCC1P(=O)(O)O. The fourth-order valence-electron chi connectivity index (χ4n) is 2.49. The number of likely N-dealkylation sites (tertiary alicyclic amines) is 1. The topological polar surface area (TPSA) is 188 Å². The molecule has 0 aromatic heterocycles. The molecule has 21 heavy (non-hydrogen) atoms. The summed E-state index contributed by atoms with van der Waals surface area (Å²) < 4.78 is 11.5. The maximum atomic E-state index is 11.5. The fourth-order valence-corrected chi connectivity index (χ4v) is 3.70. The van der Waals surface area contributed by atoms with E-state index >= 15 is 0 Å². The van der Waals surface area contributed by atoms with Gasteiger partial charge in [-0.25, -0.2) is 4.79 Å². The number of aliphatic imine (C=N–C) groups is 1. The molecule has 0 amide bonds. The molecular weight excluding hydrogens is 301 g/mol. The van der Waals surface area contributed by atoms with Crippen molar-refractivity contribution in [3.63, 3.8) is 0 Å². The highest BCUT2D eigenvalue weighted by atomic mass is 31.2. The van der Waals surface area contributed by atoms with Gasteiger partial charge in [-0.15, -0.1) is 0 Å². The Balaban J connectivity index is 2.86. The Hall–Kier alpha value is -1.19. The molecule has 0 aromatic rings. The number of carboxylic acid groups (broad SMARTS) is 1. The molecule has 11 heteroatoms. The summed E-state index contributed by atoms with van der Waals surface area (Å²) in [5.41, 5.74) is 14.4. The summed E-state index contributed by atoms with van der Waals surface area (Å²) in [7, 11) is -4.45. The standard InChI is InChI=1S/C10H22N5O5P/c11-9(12)14-5-2-4-10(13,8(16)17)15-6-1-3-7(15)21(18,19)20/h7H,1-6,13H2,(H,16,17)(H4,11,12,14)(H2,18,19,20)/t7?,10-/m0/s1. The van der Waals surface area contributed by atoms with Gasteiger partial charge in [0, 0.05) is 13.1 Å². The van der Waals surface area contributed by atoms with E-state index in [0.717, 1.165) is 0 Å². The molecule has 1 fully saturated rings. The van der Waals surface area contributed by atoms with Gasteiger partial charge >= 0.3 is 13.6 Å². The van der Waals surface area contributed by atoms with Gasteiger partial charge in [-0.2, -0.15) is 0 Å². The summed E-state index contributed by atoms with van der Waals surface area (Å²) >= 11 is 0. The van der Waals surface area contributed by atoms with E-state index in [-0.39, 0.29) is 38.3 Å². The number of nitrogens with zero attached hydrogens (tertiary/aromatic N) is 2. The fraction of sp³-hybridized carbons (Fsp3) is 0.800. The Morgan fingerprint density at radius 3 is 2.52 bits per heavy atom. The first-order valence-electron chi connectivity index (χ1n) is 6.48. The van der Waals surface area contributed by atoms with E-state index in [1.165, 1.54) is 4.90 Å². The van der Waals surface area contributed by atoms with Gasteiger partial charge in [0.2, 0.25) is 0 Å². The van der Waals surface area contributed by atoms with Gasteiger partial charge in [-0.3, -0.25) is 14.5 Å². The summed E-state index contributed by atoms with van der Waals surface area (Å²) in [5, 5.41) is 9.38. The molecule has 10 nitrogen and oxygen atoms in total. The van der Waals surface area contributed by atoms with E-state index in [4.69, 9.17) is 17.2 Å². The second-order valence-corrected chi connectivity index (χ2v) is 6.82. The van der Waals surface area contributed by atoms with E-state index in [2.05, 4.69) is 4.99 Å². The van der Waals surface area contributed by atoms with E-state index in [0.29, 0.717) is 6.42 Å². The second kappa shape index (κ2) is 6.71. The lowest BCUT2D eigenvalue weighted by atomic mass is 10.0. The Morgan fingerprint density at radius 1 is 1.43 bits per heavy atom. The van der Waals surface area contributed by atoms with E-state index in [1.807, 2.05) is 0 Å². The van der Waals surface area contributed by atoms with Crippen molar-refractivity contribution in [2.24, 2.45) is 22.2 Å². The minimum absolute atomic E-state index is 0.0182. The van der Waals surface area contributed by atoms with Crippen molar-refractivity contribution in [1.82, 2.24) is 4.90 Å². The number of guanidine groups is 1. The second-order valence-electron chi connectivity index (χ2n) is 5.04. The van der Waals surface area contributed by atoms with Crippen LogP contribution in [-0.2, 0) is 9.36 Å². The molecule has 122 valence electrons. The lowest BCUT2D eigenvalue weighted by Gasteiger charge is -2.38. The first-order chi connectivity index (χ1) is 9.59. The van der Waals surface area contributed by atoms with Crippen LogP contribution in [0.4, 0.5) is 0 Å². The zero-order valence-electron chi connectivity index (χ0n) is 11.6. The number of carboxylic acids is 1. The molecule has 1 aliphatic rings. The Kier molecular flexibility index (Phi) is 5.71. The molecule has 0 spiro atoms. The summed E-state index contributed by atoms with van der Waals surface area (Å²) in [4.78, 5) is 35.1. The molecule has 0 bridgehead atoms. The van der Waals surface area contributed by atoms with Crippen LogP contribution >= 0.6 is 7.60 Å². The number of carbonyl (C=O) groups is 1. The van der Waals surface area contributed by atoms with Crippen LogP contribution in [0.25, 0.3) is 0 Å². The average molecular weight is 323 g/mol. The summed E-state index contributed by atoms with van der Waals surface area (Å²) in [6, 6.07) is 0. The van der Waals surface area contributed by atoms with Crippen molar-refractivity contribution in [3.05, 3.63) is 0 Å². The Labute approximate surface area is 122 Å². The van der Waals surface area contributed by atoms with E-state index in [9.17, 15) is 24.3 Å². The number of rotatable bonds is 7. The van der Waals surface area contributed by atoms with Crippen molar-refractivity contribution in [3.8, 4) is 0 Å². The third-order valence-corrected chi connectivity index (χ3v) is 4.82. The van der Waals surface area contributed by atoms with Gasteiger partial charge in [0.25, 0.3) is 0 Å². The van der Waals surface area contributed by atoms with Crippen LogP contribution < -0.4 is 17.2 Å². The van der Waals surface area contributed by atoms with Crippen LogP contribution in [0, 0.1) is 0 Å². The van der Waals surface area contributed by atoms with Crippen molar-refractivity contribution in [1.29, 1.82) is 0 Å². The lowest BCUT2D eigenvalue weighted by molar-refractivity contribution is -0.152. The predicted octanol–water partition coefficient (Wildman–Crippen LogP) is -1.62. The smallest absolute Gasteiger partial charge is 0.342 e. The van der Waals surface area contributed by atoms with Crippen molar-refractivity contribution < 1.29 is 24.3 Å². The first kappa shape index (κ1) is 17.9. The molecule has 1 aliphatic heterocycles. The number of hydrogen-bond acceptors (Lipinski definition) is 5. The van der Waals surface area contributed by atoms with Crippen LogP contribution in [0.15, 0.2) is 4.99 Å². The van der Waals surface area contributed by atoms with Crippen molar-refractivity contribution >= 4 is 19.5 Å². The minimum atomic E-state index is -4.45. The molecule has 1 rings (SSSR count). The molecule has 1 heterocycles. The van der Waals surface area contributed by atoms with Crippen molar-refractivity contribution in [2.45, 2.75) is 37.1 Å². The maximum absolute atomic E-state index is 11.5. The van der Waals surface area contributed by atoms with Crippen LogP contribution in [0.5, 0.6) is 0 Å². The Morgan fingerprint density at radius 2 is 2.05 bits per heavy atom. The van der Waals surface area contributed by atoms with Gasteiger partial charge in [-0.1, -0.05) is 0 Å². The van der Waals surface area contributed by atoms with Crippen LogP contribution in [0.2, 0.25) is 0 Å². The molecular formula is C10H22N5O5P. The number of hydrogen-bond donors (Lipinski definition) is 6. The largest absolute Gasteiger partial charge is 0.479 e. The molecule has 2 atom stereocenters. The van der Waals surface area contributed by atoms with Gasteiger partial charge < -0.3 is 32.1 Å². The summed E-state index contributed by atoms with van der Waals surface area (Å²) in [5.74, 6) is -2.60. The minimum Gasteiger partial charge on any atom is -0.479 e.